The molecule has 0 aliphatic heterocycles. The lowest BCUT2D eigenvalue weighted by Gasteiger charge is -2.20. The minimum atomic E-state index is 0.578. The van der Waals surface area contributed by atoms with E-state index in [9.17, 15) is 0 Å². The lowest BCUT2D eigenvalue weighted by atomic mass is 10.0. The third-order valence-corrected chi connectivity index (χ3v) is 14.4. The number of aromatic nitrogens is 3. The summed E-state index contributed by atoms with van der Waals surface area (Å²) in [5.41, 5.74) is 19.0. The molecule has 71 heavy (non-hydrogen) atoms. The maximum Gasteiger partial charge on any atom is 0.213 e. The predicted octanol–water partition coefficient (Wildman–Crippen LogP) is 18.2. The Hall–Kier alpha value is -9.69. The van der Waals surface area contributed by atoms with Gasteiger partial charge in [0, 0.05) is 38.0 Å². The van der Waals surface area contributed by atoms with Crippen molar-refractivity contribution < 1.29 is 0 Å². The highest BCUT2D eigenvalue weighted by Crippen LogP contribution is 2.49. The van der Waals surface area contributed by atoms with Gasteiger partial charge in [0.05, 0.1) is 51.0 Å². The van der Waals surface area contributed by atoms with Gasteiger partial charge in [-0.25, -0.2) is 4.85 Å². The van der Waals surface area contributed by atoms with E-state index in [4.69, 9.17) is 6.57 Å². The molecular formula is C67H42N4. The van der Waals surface area contributed by atoms with Gasteiger partial charge in [0.25, 0.3) is 0 Å². The normalized spacial score (nSPS) is 11.6. The van der Waals surface area contributed by atoms with Crippen LogP contribution < -0.4 is 0 Å². The van der Waals surface area contributed by atoms with Gasteiger partial charge in [-0.2, -0.15) is 0 Å². The van der Waals surface area contributed by atoms with E-state index in [2.05, 4.69) is 273 Å². The van der Waals surface area contributed by atoms with Crippen LogP contribution >= 0.6 is 0 Å². The monoisotopic (exact) mass is 902 g/mol. The second kappa shape index (κ2) is 16.2. The summed E-state index contributed by atoms with van der Waals surface area (Å²) in [7, 11) is 0. The van der Waals surface area contributed by atoms with E-state index in [0.717, 1.165) is 116 Å². The first-order valence-corrected chi connectivity index (χ1v) is 24.1. The van der Waals surface area contributed by atoms with Gasteiger partial charge in [0.15, 0.2) is 0 Å². The molecule has 3 aromatic heterocycles. The molecular weight excluding hydrogens is 861 g/mol. The topological polar surface area (TPSA) is 19.1 Å². The minimum absolute atomic E-state index is 0.578. The Morgan fingerprint density at radius 1 is 0.282 bits per heavy atom. The summed E-state index contributed by atoms with van der Waals surface area (Å²) in [4.78, 5) is 4.46. The van der Waals surface area contributed by atoms with Crippen molar-refractivity contribution in [3.63, 3.8) is 0 Å². The van der Waals surface area contributed by atoms with E-state index < -0.39 is 0 Å². The van der Waals surface area contributed by atoms with Gasteiger partial charge in [0.2, 0.25) is 5.69 Å². The Morgan fingerprint density at radius 3 is 1.04 bits per heavy atom. The highest BCUT2D eigenvalue weighted by Gasteiger charge is 2.28. The first kappa shape index (κ1) is 40.4. The average Bonchev–Trinajstić information content (AvgIpc) is 4.09. The number of nitrogens with zero attached hydrogens (tertiary/aromatic N) is 4. The number of para-hydroxylation sites is 2. The van der Waals surface area contributed by atoms with Crippen molar-refractivity contribution in [3.8, 4) is 61.6 Å². The molecule has 0 amide bonds. The molecule has 0 saturated carbocycles. The van der Waals surface area contributed by atoms with Crippen molar-refractivity contribution >= 4 is 71.1 Å². The summed E-state index contributed by atoms with van der Waals surface area (Å²) in [5, 5.41) is 6.68. The van der Waals surface area contributed by atoms with Gasteiger partial charge in [-0.1, -0.05) is 182 Å². The summed E-state index contributed by atoms with van der Waals surface area (Å²) < 4.78 is 7.22. The summed E-state index contributed by atoms with van der Waals surface area (Å²) in [6, 6.07) is 91.6. The SMILES string of the molecule is [C-]#[N+]c1cc(-n2c3ccc(-c4ccccc4)cc3c3cc(-c4ccccc4)ccc32)c(-n2c3ccc(-c4ccccc4)cc3c3cc(-c4ccccc4)ccc32)c2c3ccccc3n(-c3ccccc3)c12. The molecule has 14 aromatic rings. The largest absolute Gasteiger partial charge is 0.319 e. The first-order chi connectivity index (χ1) is 35.2. The highest BCUT2D eigenvalue weighted by atomic mass is 15.1. The van der Waals surface area contributed by atoms with Crippen LogP contribution in [0.25, 0.3) is 132 Å². The molecule has 0 N–H and O–H groups in total. The Morgan fingerprint density at radius 2 is 0.634 bits per heavy atom. The van der Waals surface area contributed by atoms with Crippen LogP contribution in [-0.2, 0) is 0 Å². The van der Waals surface area contributed by atoms with Crippen molar-refractivity contribution in [1.29, 1.82) is 0 Å². The van der Waals surface area contributed by atoms with Crippen LogP contribution in [0.15, 0.2) is 255 Å². The maximum atomic E-state index is 9.07. The zero-order valence-electron chi connectivity index (χ0n) is 38.5. The van der Waals surface area contributed by atoms with Crippen molar-refractivity contribution in [2.24, 2.45) is 0 Å². The molecule has 0 aliphatic rings. The Balaban J connectivity index is 1.18. The first-order valence-electron chi connectivity index (χ1n) is 24.1. The highest BCUT2D eigenvalue weighted by molar-refractivity contribution is 6.22. The zero-order chi connectivity index (χ0) is 47.0. The van der Waals surface area contributed by atoms with Crippen LogP contribution in [0.5, 0.6) is 0 Å². The average molecular weight is 903 g/mol. The van der Waals surface area contributed by atoms with Crippen molar-refractivity contribution in [1.82, 2.24) is 13.7 Å². The number of rotatable bonds is 7. The van der Waals surface area contributed by atoms with Gasteiger partial charge in [-0.05, 0) is 117 Å². The molecule has 0 spiro atoms. The summed E-state index contributed by atoms with van der Waals surface area (Å²) in [6.07, 6.45) is 0. The van der Waals surface area contributed by atoms with E-state index in [1.54, 1.807) is 0 Å². The van der Waals surface area contributed by atoms with Crippen molar-refractivity contribution in [2.75, 3.05) is 0 Å². The van der Waals surface area contributed by atoms with E-state index in [-0.39, 0.29) is 0 Å². The smallest absolute Gasteiger partial charge is 0.213 e. The Kier molecular flexibility index (Phi) is 9.23. The molecule has 11 aromatic carbocycles. The van der Waals surface area contributed by atoms with Crippen molar-refractivity contribution in [2.45, 2.75) is 0 Å². The van der Waals surface area contributed by atoms with Crippen molar-refractivity contribution in [3.05, 3.63) is 266 Å². The predicted molar refractivity (Wildman–Crippen MR) is 297 cm³/mol. The molecule has 3 heterocycles. The maximum absolute atomic E-state index is 9.07. The Bertz CT molecular complexity index is 4230. The molecule has 0 fully saturated rings. The fourth-order valence-electron chi connectivity index (χ4n) is 11.2. The molecule has 4 heteroatoms. The molecule has 0 atom stereocenters. The quantitative estimate of drug-likeness (QED) is 0.142. The number of fused-ring (bicyclic) bond motifs is 9. The molecule has 330 valence electrons. The zero-order valence-corrected chi connectivity index (χ0v) is 38.5. The van der Waals surface area contributed by atoms with E-state index in [0.29, 0.717) is 5.69 Å². The third-order valence-electron chi connectivity index (χ3n) is 14.4. The summed E-state index contributed by atoms with van der Waals surface area (Å²) >= 11 is 0. The molecule has 0 bridgehead atoms. The van der Waals surface area contributed by atoms with Gasteiger partial charge in [0.1, 0.15) is 0 Å². The van der Waals surface area contributed by atoms with Crippen LogP contribution in [0.3, 0.4) is 0 Å². The molecule has 14 rings (SSSR count). The van der Waals surface area contributed by atoms with Crippen LogP contribution in [0.2, 0.25) is 0 Å². The van der Waals surface area contributed by atoms with Crippen LogP contribution in [0, 0.1) is 6.57 Å². The Labute approximate surface area is 410 Å². The van der Waals surface area contributed by atoms with Gasteiger partial charge in [-0.3, -0.25) is 0 Å². The lowest BCUT2D eigenvalue weighted by molar-refractivity contribution is 1.11. The molecule has 0 unspecified atom stereocenters. The van der Waals surface area contributed by atoms with Crippen LogP contribution in [0.1, 0.15) is 0 Å². The lowest BCUT2D eigenvalue weighted by Crippen LogP contribution is -2.05. The van der Waals surface area contributed by atoms with E-state index >= 15 is 0 Å². The van der Waals surface area contributed by atoms with Gasteiger partial charge in [-0.15, -0.1) is 0 Å². The summed E-state index contributed by atoms with van der Waals surface area (Å²) in [5.74, 6) is 0. The molecule has 4 nitrogen and oxygen atoms in total. The number of hydrogen-bond donors (Lipinski definition) is 0. The van der Waals surface area contributed by atoms with Gasteiger partial charge < -0.3 is 13.7 Å². The molecule has 0 radical (unpaired) electrons. The molecule has 0 saturated heterocycles. The fraction of sp³-hybridized carbons (Fsp3) is 0. The minimum Gasteiger partial charge on any atom is -0.319 e. The standard InChI is InChI=1S/C67H42N4/c1-68-58-43-64(70-60-35-31-48(44-19-7-2-8-20-44)39-54(60)55-40-49(32-36-61(55)70)45-21-9-3-10-22-45)67(65-53-29-17-18-30-59(53)69(66(58)65)52-27-15-6-16-28-52)71-62-37-33-50(46-23-11-4-12-24-46)41-56(62)57-42-51(34-38-63(57)71)47-25-13-5-14-26-47/h2-43H. The van der Waals surface area contributed by atoms with Gasteiger partial charge >= 0.3 is 0 Å². The number of hydrogen-bond acceptors (Lipinski definition) is 0. The van der Waals surface area contributed by atoms with Crippen LogP contribution in [0.4, 0.5) is 5.69 Å². The fourth-order valence-corrected chi connectivity index (χ4v) is 11.2. The van der Waals surface area contributed by atoms with Crippen LogP contribution in [-0.4, -0.2) is 13.7 Å². The molecule has 0 aliphatic carbocycles. The second-order valence-electron chi connectivity index (χ2n) is 18.3. The second-order valence-corrected chi connectivity index (χ2v) is 18.3. The summed E-state index contributed by atoms with van der Waals surface area (Å²) in [6.45, 7) is 9.07. The third kappa shape index (κ3) is 6.38. The van der Waals surface area contributed by atoms with E-state index in [1.165, 1.54) is 11.1 Å². The van der Waals surface area contributed by atoms with E-state index in [1.807, 2.05) is 0 Å². The number of benzene rings is 11.